The van der Waals surface area contributed by atoms with E-state index in [-0.39, 0.29) is 0 Å². The molecule has 0 bridgehead atoms. The molecule has 1 fully saturated rings. The second-order valence-corrected chi connectivity index (χ2v) is 3.78. The van der Waals surface area contributed by atoms with E-state index in [0.717, 1.165) is 12.5 Å². The van der Waals surface area contributed by atoms with Gasteiger partial charge in [-0.1, -0.05) is 0 Å². The Bertz CT molecular complexity index is 222. The van der Waals surface area contributed by atoms with Gasteiger partial charge in [0, 0.05) is 18.9 Å². The van der Waals surface area contributed by atoms with Gasteiger partial charge in [-0.25, -0.2) is 0 Å². The topological polar surface area (TPSA) is 29.9 Å². The second-order valence-electron chi connectivity index (χ2n) is 3.78. The van der Waals surface area contributed by atoms with Gasteiger partial charge in [-0.2, -0.15) is 5.10 Å². The van der Waals surface area contributed by atoms with Crippen LogP contribution in [0.3, 0.4) is 0 Å². The Kier molecular flexibility index (Phi) is 2.98. The lowest BCUT2D eigenvalue weighted by molar-refractivity contribution is 0.384. The highest BCUT2D eigenvalue weighted by atomic mass is 15.3. The van der Waals surface area contributed by atoms with Crippen molar-refractivity contribution in [1.82, 2.24) is 15.1 Å². The maximum absolute atomic E-state index is 4.24. The van der Waals surface area contributed by atoms with Crippen molar-refractivity contribution in [3.63, 3.8) is 0 Å². The van der Waals surface area contributed by atoms with Crippen LogP contribution < -0.4 is 5.32 Å². The van der Waals surface area contributed by atoms with Gasteiger partial charge >= 0.3 is 0 Å². The molecule has 3 nitrogen and oxygen atoms in total. The summed E-state index contributed by atoms with van der Waals surface area (Å²) in [5, 5.41) is 7.66. The Balaban J connectivity index is 1.86. The molecule has 0 saturated carbocycles. The van der Waals surface area contributed by atoms with Gasteiger partial charge in [0.1, 0.15) is 0 Å². The van der Waals surface area contributed by atoms with Crippen LogP contribution in [0.5, 0.6) is 0 Å². The maximum Gasteiger partial charge on any atom is 0.0489 e. The summed E-state index contributed by atoms with van der Waals surface area (Å²) in [6, 6.07) is 1.99. The van der Waals surface area contributed by atoms with Gasteiger partial charge in [0.2, 0.25) is 0 Å². The van der Waals surface area contributed by atoms with Crippen LogP contribution in [0.25, 0.3) is 0 Å². The van der Waals surface area contributed by atoms with Gasteiger partial charge in [0.05, 0.1) is 0 Å². The van der Waals surface area contributed by atoms with E-state index >= 15 is 0 Å². The molecule has 1 aromatic heterocycles. The molecule has 2 heterocycles. The summed E-state index contributed by atoms with van der Waals surface area (Å²) in [6.45, 7) is 3.45. The Hall–Kier alpha value is -0.830. The van der Waals surface area contributed by atoms with Crippen LogP contribution in [0.15, 0.2) is 18.5 Å². The Labute approximate surface area is 79.1 Å². The summed E-state index contributed by atoms with van der Waals surface area (Å²) in [5.74, 6) is 0.815. The average Bonchev–Trinajstić information content (AvgIpc) is 2.49. The smallest absolute Gasteiger partial charge is 0.0489 e. The molecule has 0 aliphatic carbocycles. The molecule has 1 aromatic rings. The highest BCUT2D eigenvalue weighted by molar-refractivity contribution is 4.79. The van der Waals surface area contributed by atoms with E-state index in [1.54, 1.807) is 0 Å². The Morgan fingerprint density at radius 1 is 1.38 bits per heavy atom. The highest BCUT2D eigenvalue weighted by Gasteiger charge is 2.11. The Morgan fingerprint density at radius 2 is 2.38 bits per heavy atom. The molecule has 72 valence electrons. The van der Waals surface area contributed by atoms with Crippen LogP contribution in [0.4, 0.5) is 0 Å². The molecule has 2 rings (SSSR count). The summed E-state index contributed by atoms with van der Waals surface area (Å²) in [7, 11) is 0. The van der Waals surface area contributed by atoms with Gasteiger partial charge in [0.15, 0.2) is 0 Å². The van der Waals surface area contributed by atoms with E-state index in [1.165, 1.54) is 32.4 Å². The molecule has 0 spiro atoms. The van der Waals surface area contributed by atoms with Crippen molar-refractivity contribution >= 4 is 0 Å². The van der Waals surface area contributed by atoms with Crippen molar-refractivity contribution < 1.29 is 0 Å². The third-order valence-corrected chi connectivity index (χ3v) is 2.70. The number of nitrogens with zero attached hydrogens (tertiary/aromatic N) is 2. The molecule has 1 atom stereocenters. The molecule has 3 heteroatoms. The third-order valence-electron chi connectivity index (χ3n) is 2.70. The monoisotopic (exact) mass is 179 g/mol. The molecule has 0 radical (unpaired) electrons. The molecular weight excluding hydrogens is 162 g/mol. The van der Waals surface area contributed by atoms with Crippen LogP contribution >= 0.6 is 0 Å². The minimum Gasteiger partial charge on any atom is -0.317 e. The molecule has 1 saturated heterocycles. The summed E-state index contributed by atoms with van der Waals surface area (Å²) >= 11 is 0. The number of aromatic nitrogens is 2. The van der Waals surface area contributed by atoms with Crippen molar-refractivity contribution in [2.24, 2.45) is 5.92 Å². The van der Waals surface area contributed by atoms with Gasteiger partial charge in [0.25, 0.3) is 0 Å². The normalized spacial score (nSPS) is 24.2. The summed E-state index contributed by atoms with van der Waals surface area (Å²) in [4.78, 5) is 0. The minimum absolute atomic E-state index is 0.815. The molecule has 0 amide bonds. The standard InChI is InChI=1S/C10H17N3/c1-3-10(4-7-11-5-1)9-13-8-2-6-12-13/h2,6,8,10-11H,1,3-5,7,9H2. The fraction of sp³-hybridized carbons (Fsp3) is 0.700. The fourth-order valence-electron chi connectivity index (χ4n) is 1.95. The van der Waals surface area contributed by atoms with E-state index in [1.807, 2.05) is 12.3 Å². The number of rotatable bonds is 2. The zero-order valence-corrected chi connectivity index (χ0v) is 7.95. The molecule has 1 N–H and O–H groups in total. The maximum atomic E-state index is 4.24. The van der Waals surface area contributed by atoms with Gasteiger partial charge in [-0.05, 0) is 44.3 Å². The first-order valence-electron chi connectivity index (χ1n) is 5.13. The molecular formula is C10H17N3. The zero-order chi connectivity index (χ0) is 8.93. The molecule has 1 unspecified atom stereocenters. The van der Waals surface area contributed by atoms with E-state index in [2.05, 4.69) is 21.3 Å². The fourth-order valence-corrected chi connectivity index (χ4v) is 1.95. The summed E-state index contributed by atoms with van der Waals surface area (Å²) in [6.07, 6.45) is 7.85. The zero-order valence-electron chi connectivity index (χ0n) is 7.95. The first-order chi connectivity index (χ1) is 6.45. The van der Waals surface area contributed by atoms with Crippen LogP contribution in [-0.2, 0) is 6.54 Å². The van der Waals surface area contributed by atoms with Crippen LogP contribution in [0, 0.1) is 5.92 Å². The summed E-state index contributed by atoms with van der Waals surface area (Å²) < 4.78 is 2.05. The molecule has 0 aromatic carbocycles. The van der Waals surface area contributed by atoms with E-state index in [9.17, 15) is 0 Å². The van der Waals surface area contributed by atoms with E-state index in [0.29, 0.717) is 0 Å². The van der Waals surface area contributed by atoms with E-state index < -0.39 is 0 Å². The molecule has 13 heavy (non-hydrogen) atoms. The van der Waals surface area contributed by atoms with Crippen molar-refractivity contribution in [2.45, 2.75) is 25.8 Å². The SMILES string of the molecule is c1cnn(CC2CCCNCC2)c1. The largest absolute Gasteiger partial charge is 0.317 e. The van der Waals surface area contributed by atoms with Gasteiger partial charge < -0.3 is 5.32 Å². The molecule has 1 aliphatic rings. The van der Waals surface area contributed by atoms with Crippen molar-refractivity contribution in [3.05, 3.63) is 18.5 Å². The predicted octanol–water partition coefficient (Wildman–Crippen LogP) is 1.27. The first-order valence-corrected chi connectivity index (χ1v) is 5.13. The number of hydrogen-bond donors (Lipinski definition) is 1. The lowest BCUT2D eigenvalue weighted by Gasteiger charge is -2.12. The van der Waals surface area contributed by atoms with Crippen molar-refractivity contribution in [1.29, 1.82) is 0 Å². The number of hydrogen-bond acceptors (Lipinski definition) is 2. The van der Waals surface area contributed by atoms with E-state index in [4.69, 9.17) is 0 Å². The molecule has 1 aliphatic heterocycles. The average molecular weight is 179 g/mol. The summed E-state index contributed by atoms with van der Waals surface area (Å²) in [5.41, 5.74) is 0. The van der Waals surface area contributed by atoms with Crippen molar-refractivity contribution in [3.8, 4) is 0 Å². The van der Waals surface area contributed by atoms with Crippen molar-refractivity contribution in [2.75, 3.05) is 13.1 Å². The minimum atomic E-state index is 0.815. The van der Waals surface area contributed by atoms with Crippen LogP contribution in [0.1, 0.15) is 19.3 Å². The second kappa shape index (κ2) is 4.42. The van der Waals surface area contributed by atoms with Gasteiger partial charge in [-0.15, -0.1) is 0 Å². The highest BCUT2D eigenvalue weighted by Crippen LogP contribution is 2.15. The lowest BCUT2D eigenvalue weighted by atomic mass is 10.0. The van der Waals surface area contributed by atoms with Crippen LogP contribution in [-0.4, -0.2) is 22.9 Å². The predicted molar refractivity (Wildman–Crippen MR) is 52.4 cm³/mol. The van der Waals surface area contributed by atoms with Crippen LogP contribution in [0.2, 0.25) is 0 Å². The quantitative estimate of drug-likeness (QED) is 0.741. The number of nitrogens with one attached hydrogen (secondary N) is 1. The Morgan fingerprint density at radius 3 is 3.23 bits per heavy atom. The lowest BCUT2D eigenvalue weighted by Crippen LogP contribution is -2.15. The van der Waals surface area contributed by atoms with Gasteiger partial charge in [-0.3, -0.25) is 4.68 Å². The third kappa shape index (κ3) is 2.56. The first kappa shape index (κ1) is 8.75.